The first-order valence-corrected chi connectivity index (χ1v) is 5.28. The van der Waals surface area contributed by atoms with Crippen LogP contribution < -0.4 is 5.32 Å². The molecule has 1 aliphatic rings. The summed E-state index contributed by atoms with van der Waals surface area (Å²) in [6.45, 7) is 4.11. The number of aromatic nitrogens is 1. The van der Waals surface area contributed by atoms with E-state index in [2.05, 4.69) is 22.9 Å². The largest absolute Gasteiger partial charge is 0.508 e. The molecule has 0 unspecified atom stereocenters. The first-order valence-electron chi connectivity index (χ1n) is 5.28. The second kappa shape index (κ2) is 3.00. The third-order valence-corrected chi connectivity index (χ3v) is 3.06. The van der Waals surface area contributed by atoms with E-state index in [0.717, 1.165) is 18.5 Å². The van der Waals surface area contributed by atoms with Gasteiger partial charge < -0.3 is 15.0 Å². The van der Waals surface area contributed by atoms with Crippen molar-refractivity contribution in [2.24, 2.45) is 0 Å². The van der Waals surface area contributed by atoms with Crippen molar-refractivity contribution in [3.8, 4) is 5.75 Å². The van der Waals surface area contributed by atoms with E-state index < -0.39 is 0 Å². The molecule has 2 heterocycles. The molecule has 0 bridgehead atoms. The lowest BCUT2D eigenvalue weighted by Gasteiger charge is -2.23. The highest BCUT2D eigenvalue weighted by Gasteiger charge is 2.16. The number of hydrogen-bond acceptors (Lipinski definition) is 2. The van der Waals surface area contributed by atoms with Crippen LogP contribution in [0, 0.1) is 0 Å². The smallest absolute Gasteiger partial charge is 0.116 e. The zero-order valence-corrected chi connectivity index (χ0v) is 8.70. The number of nitrogens with one attached hydrogen (secondary N) is 1. The molecule has 1 atom stereocenters. The summed E-state index contributed by atoms with van der Waals surface area (Å²) in [7, 11) is 0. The molecule has 3 nitrogen and oxygen atoms in total. The Hall–Kier alpha value is -1.48. The Morgan fingerprint density at radius 3 is 3.13 bits per heavy atom. The predicted octanol–water partition coefficient (Wildman–Crippen LogP) is 1.84. The van der Waals surface area contributed by atoms with Crippen LogP contribution in [0.2, 0.25) is 0 Å². The normalized spacial score (nSPS) is 20.5. The average molecular weight is 202 g/mol. The molecule has 1 aromatic heterocycles. The van der Waals surface area contributed by atoms with Gasteiger partial charge in [0.25, 0.3) is 0 Å². The molecule has 0 amide bonds. The summed E-state index contributed by atoms with van der Waals surface area (Å²) in [6.07, 6.45) is 0. The molecule has 0 saturated carbocycles. The minimum atomic E-state index is 0.339. The Balaban J connectivity index is 2.24. The van der Waals surface area contributed by atoms with E-state index in [4.69, 9.17) is 0 Å². The number of fused-ring (bicyclic) bond motifs is 3. The van der Waals surface area contributed by atoms with Gasteiger partial charge in [0.1, 0.15) is 5.75 Å². The lowest BCUT2D eigenvalue weighted by Crippen LogP contribution is -2.35. The van der Waals surface area contributed by atoms with Crippen LogP contribution in [0.15, 0.2) is 24.3 Å². The first-order chi connectivity index (χ1) is 7.24. The summed E-state index contributed by atoms with van der Waals surface area (Å²) in [6, 6.07) is 8.23. The van der Waals surface area contributed by atoms with Crippen molar-refractivity contribution in [2.45, 2.75) is 26.1 Å². The summed E-state index contributed by atoms with van der Waals surface area (Å²) in [5, 5.41) is 14.0. The van der Waals surface area contributed by atoms with Crippen LogP contribution >= 0.6 is 0 Å². The molecule has 1 aromatic carbocycles. The van der Waals surface area contributed by atoms with Crippen molar-refractivity contribution < 1.29 is 5.11 Å². The SMILES string of the molecule is C[C@H]1Cn2c(cc3cc(O)ccc32)CN1. The molecule has 15 heavy (non-hydrogen) atoms. The van der Waals surface area contributed by atoms with Crippen LogP contribution in [0.3, 0.4) is 0 Å². The Morgan fingerprint density at radius 1 is 1.40 bits per heavy atom. The van der Waals surface area contributed by atoms with Crippen LogP contribution in [0.25, 0.3) is 10.9 Å². The molecular weight excluding hydrogens is 188 g/mol. The van der Waals surface area contributed by atoms with Gasteiger partial charge in [0.15, 0.2) is 0 Å². The quantitative estimate of drug-likeness (QED) is 0.684. The highest BCUT2D eigenvalue weighted by molar-refractivity contribution is 5.83. The van der Waals surface area contributed by atoms with Crippen molar-refractivity contribution in [3.05, 3.63) is 30.0 Å². The van der Waals surface area contributed by atoms with Gasteiger partial charge in [-0.3, -0.25) is 0 Å². The van der Waals surface area contributed by atoms with E-state index in [0.29, 0.717) is 11.8 Å². The van der Waals surface area contributed by atoms with Crippen LogP contribution in [-0.4, -0.2) is 15.7 Å². The number of phenols is 1. The van der Waals surface area contributed by atoms with Gasteiger partial charge in [-0.15, -0.1) is 0 Å². The minimum absolute atomic E-state index is 0.339. The van der Waals surface area contributed by atoms with Gasteiger partial charge in [0.05, 0.1) is 0 Å². The van der Waals surface area contributed by atoms with E-state index in [9.17, 15) is 5.11 Å². The Kier molecular flexibility index (Phi) is 1.76. The average Bonchev–Trinajstić information content (AvgIpc) is 2.54. The second-order valence-corrected chi connectivity index (χ2v) is 4.27. The minimum Gasteiger partial charge on any atom is -0.508 e. The van der Waals surface area contributed by atoms with Gasteiger partial charge in [-0.05, 0) is 31.2 Å². The van der Waals surface area contributed by atoms with Crippen LogP contribution in [-0.2, 0) is 13.1 Å². The van der Waals surface area contributed by atoms with Crippen LogP contribution in [0.5, 0.6) is 5.75 Å². The molecule has 0 radical (unpaired) electrons. The highest BCUT2D eigenvalue weighted by atomic mass is 16.3. The number of aromatic hydroxyl groups is 1. The van der Waals surface area contributed by atoms with Gasteiger partial charge in [0.2, 0.25) is 0 Å². The third-order valence-electron chi connectivity index (χ3n) is 3.06. The molecule has 0 spiro atoms. The van der Waals surface area contributed by atoms with E-state index in [1.54, 1.807) is 6.07 Å². The maximum absolute atomic E-state index is 9.42. The zero-order chi connectivity index (χ0) is 10.4. The number of benzene rings is 1. The van der Waals surface area contributed by atoms with Crippen LogP contribution in [0.1, 0.15) is 12.6 Å². The fourth-order valence-corrected chi connectivity index (χ4v) is 2.29. The topological polar surface area (TPSA) is 37.2 Å². The molecule has 2 N–H and O–H groups in total. The summed E-state index contributed by atoms with van der Waals surface area (Å²) < 4.78 is 2.33. The maximum atomic E-state index is 9.42. The molecule has 0 fully saturated rings. The van der Waals surface area contributed by atoms with Gasteiger partial charge in [-0.2, -0.15) is 0 Å². The lowest BCUT2D eigenvalue weighted by atomic mass is 10.2. The Bertz CT molecular complexity index is 516. The first kappa shape index (κ1) is 8.80. The molecule has 1 aliphatic heterocycles. The van der Waals surface area contributed by atoms with Crippen molar-refractivity contribution in [1.29, 1.82) is 0 Å². The molecule has 2 aromatic rings. The number of hydrogen-bond donors (Lipinski definition) is 2. The number of phenolic OH excluding ortho intramolecular Hbond substituents is 1. The summed E-state index contributed by atoms with van der Waals surface area (Å²) in [5.41, 5.74) is 2.52. The molecule has 0 aliphatic carbocycles. The van der Waals surface area contributed by atoms with Gasteiger partial charge in [-0.1, -0.05) is 0 Å². The third kappa shape index (κ3) is 1.31. The van der Waals surface area contributed by atoms with E-state index in [1.165, 1.54) is 11.2 Å². The summed E-state index contributed by atoms with van der Waals surface area (Å²) in [5.74, 6) is 0.339. The zero-order valence-electron chi connectivity index (χ0n) is 8.70. The van der Waals surface area contributed by atoms with Crippen molar-refractivity contribution in [2.75, 3.05) is 0 Å². The van der Waals surface area contributed by atoms with Crippen molar-refractivity contribution in [1.82, 2.24) is 9.88 Å². The van der Waals surface area contributed by atoms with Crippen LogP contribution in [0.4, 0.5) is 0 Å². The Labute approximate surface area is 88.3 Å². The molecule has 0 saturated heterocycles. The second-order valence-electron chi connectivity index (χ2n) is 4.27. The summed E-state index contributed by atoms with van der Waals surface area (Å²) >= 11 is 0. The van der Waals surface area contributed by atoms with E-state index in [1.807, 2.05) is 12.1 Å². The van der Waals surface area contributed by atoms with Gasteiger partial charge in [0, 0.05) is 35.7 Å². The lowest BCUT2D eigenvalue weighted by molar-refractivity contribution is 0.424. The van der Waals surface area contributed by atoms with Crippen molar-refractivity contribution >= 4 is 10.9 Å². The van der Waals surface area contributed by atoms with Gasteiger partial charge in [-0.25, -0.2) is 0 Å². The maximum Gasteiger partial charge on any atom is 0.116 e. The number of nitrogens with zero attached hydrogens (tertiary/aromatic N) is 1. The monoisotopic (exact) mass is 202 g/mol. The van der Waals surface area contributed by atoms with E-state index >= 15 is 0 Å². The Morgan fingerprint density at radius 2 is 2.27 bits per heavy atom. The van der Waals surface area contributed by atoms with E-state index in [-0.39, 0.29) is 0 Å². The predicted molar refractivity (Wildman–Crippen MR) is 59.9 cm³/mol. The highest BCUT2D eigenvalue weighted by Crippen LogP contribution is 2.25. The molecular formula is C12H14N2O. The van der Waals surface area contributed by atoms with Gasteiger partial charge >= 0.3 is 0 Å². The fraction of sp³-hybridized carbons (Fsp3) is 0.333. The standard InChI is InChI=1S/C12H14N2O/c1-8-7-14-10(6-13-8)4-9-5-11(15)2-3-12(9)14/h2-5,8,13,15H,6-7H2,1H3/t8-/m0/s1. The molecule has 78 valence electrons. The summed E-state index contributed by atoms with van der Waals surface area (Å²) in [4.78, 5) is 0. The number of rotatable bonds is 0. The molecule has 3 rings (SSSR count). The van der Waals surface area contributed by atoms with Crippen molar-refractivity contribution in [3.63, 3.8) is 0 Å². The molecule has 3 heteroatoms. The fourth-order valence-electron chi connectivity index (χ4n) is 2.29.